The predicted octanol–water partition coefficient (Wildman–Crippen LogP) is 2.60. The molecule has 0 aliphatic heterocycles. The zero-order valence-corrected chi connectivity index (χ0v) is 8.74. The smallest absolute Gasteiger partial charge is 0.263 e. The maximum atomic E-state index is 5.20. The molecule has 0 radical (unpaired) electrons. The largest absolute Gasteiger partial charge is 0.462 e. The molecule has 14 heavy (non-hydrogen) atoms. The number of hydrogen-bond donors (Lipinski definition) is 0. The molecule has 0 atom stereocenters. The molecule has 2 rings (SSSR count). The molecular weight excluding hydrogens is 246 g/mol. The van der Waals surface area contributed by atoms with E-state index in [1.165, 1.54) is 0 Å². The summed E-state index contributed by atoms with van der Waals surface area (Å²) in [6.07, 6.45) is 5.08. The van der Waals surface area contributed by atoms with Crippen LogP contribution in [0.25, 0.3) is 11.0 Å². The van der Waals surface area contributed by atoms with E-state index in [9.17, 15) is 0 Å². The zero-order valence-electron chi connectivity index (χ0n) is 7.16. The molecule has 4 heteroatoms. The Balaban J connectivity index is 2.46. The molecule has 0 aliphatic carbocycles. The molecule has 2 aromatic rings. The van der Waals surface area contributed by atoms with Crippen LogP contribution < -0.4 is 4.74 Å². The summed E-state index contributed by atoms with van der Waals surface area (Å²) < 4.78 is 11.2. The molecule has 0 unspecified atom stereocenters. The van der Waals surface area contributed by atoms with E-state index in [4.69, 9.17) is 15.7 Å². The van der Waals surface area contributed by atoms with E-state index in [2.05, 4.69) is 27.0 Å². The standard InChI is InChI=1S/C10H6BrNO2/c1-2-5-13-10-8-6-7(11)3-4-9(8)14-12-10/h1,3-4,6H,5H2. The molecule has 0 saturated carbocycles. The number of fused-ring (bicyclic) bond motifs is 1. The third-order valence-corrected chi connectivity index (χ3v) is 2.18. The van der Waals surface area contributed by atoms with Crippen LogP contribution in [0.5, 0.6) is 5.88 Å². The first-order valence-corrected chi connectivity index (χ1v) is 4.72. The van der Waals surface area contributed by atoms with Gasteiger partial charge in [0.15, 0.2) is 12.2 Å². The van der Waals surface area contributed by atoms with Gasteiger partial charge in [0, 0.05) is 4.47 Å². The fraction of sp³-hybridized carbons (Fsp3) is 0.100. The lowest BCUT2D eigenvalue weighted by molar-refractivity contribution is 0.322. The second-order valence-electron chi connectivity index (χ2n) is 2.62. The molecule has 0 amide bonds. The molecule has 0 saturated heterocycles. The van der Waals surface area contributed by atoms with Crippen LogP contribution in [-0.2, 0) is 0 Å². The Morgan fingerprint density at radius 3 is 3.21 bits per heavy atom. The van der Waals surface area contributed by atoms with Crippen LogP contribution in [0.1, 0.15) is 0 Å². The first-order valence-electron chi connectivity index (χ1n) is 3.92. The number of terminal acetylenes is 1. The van der Waals surface area contributed by atoms with Crippen molar-refractivity contribution < 1.29 is 9.26 Å². The summed E-state index contributed by atoms with van der Waals surface area (Å²) in [5, 5.41) is 4.57. The molecule has 70 valence electrons. The van der Waals surface area contributed by atoms with Crippen LogP contribution in [0.2, 0.25) is 0 Å². The van der Waals surface area contributed by atoms with Gasteiger partial charge in [0.25, 0.3) is 5.88 Å². The maximum Gasteiger partial charge on any atom is 0.263 e. The summed E-state index contributed by atoms with van der Waals surface area (Å²) >= 11 is 3.35. The van der Waals surface area contributed by atoms with E-state index in [-0.39, 0.29) is 6.61 Å². The lowest BCUT2D eigenvalue weighted by atomic mass is 10.3. The van der Waals surface area contributed by atoms with Crippen molar-refractivity contribution in [2.24, 2.45) is 0 Å². The minimum atomic E-state index is 0.189. The van der Waals surface area contributed by atoms with Gasteiger partial charge in [-0.3, -0.25) is 0 Å². The monoisotopic (exact) mass is 251 g/mol. The molecule has 1 aromatic carbocycles. The SMILES string of the molecule is C#CCOc1noc2ccc(Br)cc12. The van der Waals surface area contributed by atoms with E-state index in [0.717, 1.165) is 9.86 Å². The van der Waals surface area contributed by atoms with E-state index in [1.807, 2.05) is 18.2 Å². The van der Waals surface area contributed by atoms with Crippen molar-refractivity contribution in [2.45, 2.75) is 0 Å². The second kappa shape index (κ2) is 3.72. The van der Waals surface area contributed by atoms with Crippen LogP contribution in [0.3, 0.4) is 0 Å². The van der Waals surface area contributed by atoms with Crippen LogP contribution in [0, 0.1) is 12.3 Å². The van der Waals surface area contributed by atoms with Gasteiger partial charge in [0.05, 0.1) is 5.39 Å². The summed E-state index contributed by atoms with van der Waals surface area (Å²) in [5.41, 5.74) is 0.681. The molecule has 0 aliphatic rings. The number of nitrogens with zero attached hydrogens (tertiary/aromatic N) is 1. The number of halogens is 1. The highest BCUT2D eigenvalue weighted by molar-refractivity contribution is 9.10. The highest BCUT2D eigenvalue weighted by Gasteiger charge is 2.08. The molecular formula is C10H6BrNO2. The Labute approximate surface area is 89.2 Å². The lowest BCUT2D eigenvalue weighted by Crippen LogP contribution is -1.93. The van der Waals surface area contributed by atoms with Crippen molar-refractivity contribution in [2.75, 3.05) is 6.61 Å². The van der Waals surface area contributed by atoms with E-state index < -0.39 is 0 Å². The van der Waals surface area contributed by atoms with Crippen LogP contribution >= 0.6 is 15.9 Å². The predicted molar refractivity (Wildman–Crippen MR) is 56.0 cm³/mol. The van der Waals surface area contributed by atoms with Gasteiger partial charge in [-0.05, 0) is 23.4 Å². The first-order chi connectivity index (χ1) is 6.81. The molecule has 0 bridgehead atoms. The second-order valence-corrected chi connectivity index (χ2v) is 3.54. The van der Waals surface area contributed by atoms with Crippen molar-refractivity contribution in [1.29, 1.82) is 0 Å². The first kappa shape index (κ1) is 9.10. The Hall–Kier alpha value is -1.47. The average Bonchev–Trinajstić information content (AvgIpc) is 2.57. The van der Waals surface area contributed by atoms with Gasteiger partial charge < -0.3 is 9.26 Å². The van der Waals surface area contributed by atoms with Crippen molar-refractivity contribution >= 4 is 26.9 Å². The average molecular weight is 252 g/mol. The van der Waals surface area contributed by atoms with E-state index in [1.54, 1.807) is 0 Å². The van der Waals surface area contributed by atoms with Crippen molar-refractivity contribution in [3.05, 3.63) is 22.7 Å². The van der Waals surface area contributed by atoms with Gasteiger partial charge in [-0.2, -0.15) is 0 Å². The highest BCUT2D eigenvalue weighted by atomic mass is 79.9. The number of ether oxygens (including phenoxy) is 1. The van der Waals surface area contributed by atoms with Gasteiger partial charge in [-0.25, -0.2) is 0 Å². The number of benzene rings is 1. The van der Waals surface area contributed by atoms with Crippen molar-refractivity contribution in [3.8, 4) is 18.2 Å². The van der Waals surface area contributed by atoms with E-state index >= 15 is 0 Å². The third kappa shape index (κ3) is 1.59. The van der Waals surface area contributed by atoms with Crippen molar-refractivity contribution in [3.63, 3.8) is 0 Å². The molecule has 3 nitrogen and oxygen atoms in total. The van der Waals surface area contributed by atoms with Gasteiger partial charge in [-0.15, -0.1) is 6.42 Å². The number of hydrogen-bond acceptors (Lipinski definition) is 3. The third-order valence-electron chi connectivity index (χ3n) is 1.69. The highest BCUT2D eigenvalue weighted by Crippen LogP contribution is 2.27. The lowest BCUT2D eigenvalue weighted by Gasteiger charge is -1.95. The number of aromatic nitrogens is 1. The topological polar surface area (TPSA) is 35.3 Å². The van der Waals surface area contributed by atoms with Crippen LogP contribution in [0.15, 0.2) is 27.2 Å². The van der Waals surface area contributed by atoms with Crippen molar-refractivity contribution in [1.82, 2.24) is 5.16 Å². The minimum absolute atomic E-state index is 0.189. The summed E-state index contributed by atoms with van der Waals surface area (Å²) in [6.45, 7) is 0.189. The fourth-order valence-electron chi connectivity index (χ4n) is 1.10. The van der Waals surface area contributed by atoms with Gasteiger partial charge in [0.2, 0.25) is 0 Å². The molecule has 1 aromatic heterocycles. The zero-order chi connectivity index (χ0) is 9.97. The van der Waals surface area contributed by atoms with Gasteiger partial charge in [0.1, 0.15) is 0 Å². The Bertz CT molecular complexity index is 498. The van der Waals surface area contributed by atoms with Gasteiger partial charge in [-0.1, -0.05) is 21.9 Å². The summed E-state index contributed by atoms with van der Waals surface area (Å²) in [5.74, 6) is 2.80. The molecule has 0 N–H and O–H groups in total. The molecule has 0 fully saturated rings. The number of rotatable bonds is 2. The van der Waals surface area contributed by atoms with Gasteiger partial charge >= 0.3 is 0 Å². The molecule has 1 heterocycles. The summed E-state index contributed by atoms with van der Waals surface area (Å²) in [4.78, 5) is 0. The molecule has 0 spiro atoms. The van der Waals surface area contributed by atoms with Crippen LogP contribution in [-0.4, -0.2) is 11.8 Å². The van der Waals surface area contributed by atoms with E-state index in [0.29, 0.717) is 11.5 Å². The maximum absolute atomic E-state index is 5.20. The fourth-order valence-corrected chi connectivity index (χ4v) is 1.46. The quantitative estimate of drug-likeness (QED) is 0.770. The Morgan fingerprint density at radius 1 is 1.57 bits per heavy atom. The van der Waals surface area contributed by atoms with Crippen LogP contribution in [0.4, 0.5) is 0 Å². The normalized spacial score (nSPS) is 10.0. The summed E-state index contributed by atoms with van der Waals surface area (Å²) in [6, 6.07) is 5.56. The Morgan fingerprint density at radius 2 is 2.43 bits per heavy atom. The Kier molecular flexibility index (Phi) is 2.42. The summed E-state index contributed by atoms with van der Waals surface area (Å²) in [7, 11) is 0. The minimum Gasteiger partial charge on any atom is -0.462 e.